The van der Waals surface area contributed by atoms with Crippen molar-refractivity contribution in [2.24, 2.45) is 0 Å². The molecular formula is C31H28ClN3O6. The van der Waals surface area contributed by atoms with Gasteiger partial charge in [-0.1, -0.05) is 23.7 Å². The number of benzene rings is 2. The highest BCUT2D eigenvalue weighted by Crippen LogP contribution is 2.35. The molecule has 1 fully saturated rings. The number of ether oxygens (including phenoxy) is 1. The van der Waals surface area contributed by atoms with E-state index in [2.05, 4.69) is 5.10 Å². The van der Waals surface area contributed by atoms with Gasteiger partial charge in [-0.25, -0.2) is 4.79 Å². The molecule has 4 aromatic rings. The van der Waals surface area contributed by atoms with E-state index < -0.39 is 17.6 Å². The predicted octanol–water partition coefficient (Wildman–Crippen LogP) is 5.21. The fourth-order valence-electron chi connectivity index (χ4n) is 4.87. The van der Waals surface area contributed by atoms with Crippen LogP contribution in [0.5, 0.6) is 5.75 Å². The fourth-order valence-corrected chi connectivity index (χ4v) is 5.04. The summed E-state index contributed by atoms with van der Waals surface area (Å²) in [4.78, 5) is 51.0. The van der Waals surface area contributed by atoms with Crippen molar-refractivity contribution in [2.75, 3.05) is 7.11 Å². The maximum absolute atomic E-state index is 13.8. The highest BCUT2D eigenvalue weighted by molar-refractivity contribution is 6.31. The number of aromatic nitrogens is 3. The lowest BCUT2D eigenvalue weighted by molar-refractivity contribution is -0.121. The van der Waals surface area contributed by atoms with Gasteiger partial charge in [0.15, 0.2) is 11.6 Å². The van der Waals surface area contributed by atoms with E-state index in [9.17, 15) is 24.3 Å². The summed E-state index contributed by atoms with van der Waals surface area (Å²) in [5.41, 5.74) is 2.16. The number of hydrogen-bond acceptors (Lipinski definition) is 6. The summed E-state index contributed by atoms with van der Waals surface area (Å²) in [6.07, 6.45) is 5.63. The number of rotatable bonds is 11. The quantitative estimate of drug-likeness (QED) is 0.245. The third-order valence-corrected chi connectivity index (χ3v) is 7.42. The van der Waals surface area contributed by atoms with Crippen molar-refractivity contribution in [3.8, 4) is 16.9 Å². The minimum absolute atomic E-state index is 0.0207. The smallest absolute Gasteiger partial charge is 0.335 e. The molecule has 2 aromatic heterocycles. The Morgan fingerprint density at radius 3 is 2.44 bits per heavy atom. The molecule has 5 rings (SSSR count). The van der Waals surface area contributed by atoms with E-state index in [4.69, 9.17) is 16.3 Å². The average molecular weight is 574 g/mol. The normalized spacial score (nSPS) is 13.5. The number of carbonyl (C=O) groups excluding carboxylic acids is 2. The van der Waals surface area contributed by atoms with Crippen LogP contribution < -0.4 is 10.3 Å². The summed E-state index contributed by atoms with van der Waals surface area (Å²) < 4.78 is 8.87. The zero-order valence-corrected chi connectivity index (χ0v) is 23.3. The van der Waals surface area contributed by atoms with Crippen LogP contribution in [0.3, 0.4) is 0 Å². The van der Waals surface area contributed by atoms with Gasteiger partial charge < -0.3 is 14.4 Å². The van der Waals surface area contributed by atoms with Crippen molar-refractivity contribution in [1.82, 2.24) is 14.3 Å². The van der Waals surface area contributed by atoms with Crippen LogP contribution in [-0.4, -0.2) is 44.1 Å². The summed E-state index contributed by atoms with van der Waals surface area (Å²) in [5, 5.41) is 14.2. The first kappa shape index (κ1) is 28.0. The van der Waals surface area contributed by atoms with Gasteiger partial charge in [0, 0.05) is 41.3 Å². The van der Waals surface area contributed by atoms with E-state index in [1.54, 1.807) is 30.3 Å². The van der Waals surface area contributed by atoms with Crippen molar-refractivity contribution in [2.45, 2.75) is 44.7 Å². The zero-order valence-electron chi connectivity index (χ0n) is 22.5. The first-order valence-electron chi connectivity index (χ1n) is 13.1. The van der Waals surface area contributed by atoms with Gasteiger partial charge in [-0.15, -0.1) is 0 Å². The molecule has 1 saturated carbocycles. The lowest BCUT2D eigenvalue weighted by Crippen LogP contribution is -2.32. The number of ketones is 2. The van der Waals surface area contributed by atoms with Gasteiger partial charge in [-0.2, -0.15) is 5.10 Å². The van der Waals surface area contributed by atoms with Crippen LogP contribution in [0.4, 0.5) is 0 Å². The molecule has 0 unspecified atom stereocenters. The maximum atomic E-state index is 13.8. The van der Waals surface area contributed by atoms with E-state index >= 15 is 0 Å². The van der Waals surface area contributed by atoms with Crippen LogP contribution in [0, 0.1) is 0 Å². The molecule has 10 heteroatoms. The molecular weight excluding hydrogens is 546 g/mol. The summed E-state index contributed by atoms with van der Waals surface area (Å²) >= 11 is 6.23. The van der Waals surface area contributed by atoms with E-state index in [-0.39, 0.29) is 30.0 Å². The van der Waals surface area contributed by atoms with Gasteiger partial charge in [-0.05, 0) is 67.3 Å². The van der Waals surface area contributed by atoms with Crippen molar-refractivity contribution in [3.05, 3.63) is 105 Å². The second kappa shape index (κ2) is 11.5. The van der Waals surface area contributed by atoms with Gasteiger partial charge in [0.2, 0.25) is 0 Å². The minimum atomic E-state index is -1.06. The molecule has 0 radical (unpaired) electrons. The number of Topliss-reactive ketones (excluding diaryl/α,β-unsaturated/α-hetero) is 2. The number of aromatic carboxylic acids is 1. The minimum Gasteiger partial charge on any atom is -0.495 e. The Balaban J connectivity index is 1.55. The van der Waals surface area contributed by atoms with E-state index in [1.165, 1.54) is 43.0 Å². The molecule has 2 heterocycles. The molecule has 0 aliphatic heterocycles. The highest BCUT2D eigenvalue weighted by atomic mass is 35.5. The molecule has 41 heavy (non-hydrogen) atoms. The van der Waals surface area contributed by atoms with Gasteiger partial charge in [-0.3, -0.25) is 19.1 Å². The second-order valence-corrected chi connectivity index (χ2v) is 10.6. The molecule has 2 aromatic carbocycles. The highest BCUT2D eigenvalue weighted by Gasteiger charge is 2.28. The number of carboxylic acids is 1. The first-order chi connectivity index (χ1) is 19.6. The van der Waals surface area contributed by atoms with Crippen molar-refractivity contribution in [1.29, 1.82) is 0 Å². The van der Waals surface area contributed by atoms with Crippen LogP contribution in [0.2, 0.25) is 5.02 Å². The number of methoxy groups -OCH3 is 1. The molecule has 0 saturated heterocycles. The lowest BCUT2D eigenvalue weighted by atomic mass is 9.96. The average Bonchev–Trinajstić information content (AvgIpc) is 3.69. The Kier molecular flexibility index (Phi) is 7.90. The fraction of sp³-hybridized carbons (Fsp3) is 0.258. The van der Waals surface area contributed by atoms with Gasteiger partial charge in [0.25, 0.3) is 5.56 Å². The second-order valence-electron chi connectivity index (χ2n) is 10.1. The van der Waals surface area contributed by atoms with Crippen LogP contribution in [0.1, 0.15) is 63.8 Å². The third-order valence-electron chi connectivity index (χ3n) is 7.19. The number of carbonyl (C=O) groups is 3. The van der Waals surface area contributed by atoms with E-state index in [0.717, 1.165) is 12.8 Å². The molecule has 1 aliphatic carbocycles. The Morgan fingerprint density at radius 1 is 1.07 bits per heavy atom. The number of carboxylic acid groups (broad SMARTS) is 1. The van der Waals surface area contributed by atoms with Crippen molar-refractivity contribution >= 4 is 29.1 Å². The topological polar surface area (TPSA) is 120 Å². The third kappa shape index (κ3) is 6.15. The van der Waals surface area contributed by atoms with Crippen LogP contribution >= 0.6 is 11.6 Å². The zero-order chi connectivity index (χ0) is 29.3. The van der Waals surface area contributed by atoms with E-state index in [0.29, 0.717) is 44.8 Å². The first-order valence-corrected chi connectivity index (χ1v) is 13.5. The summed E-state index contributed by atoms with van der Waals surface area (Å²) in [5.74, 6) is -1.21. The number of hydrogen-bond donors (Lipinski definition) is 1. The number of pyridine rings is 1. The van der Waals surface area contributed by atoms with Crippen LogP contribution in [0.15, 0.2) is 71.8 Å². The molecule has 0 spiro atoms. The largest absolute Gasteiger partial charge is 0.495 e. The van der Waals surface area contributed by atoms with Crippen LogP contribution in [-0.2, 0) is 17.6 Å². The standard InChI is InChI=1S/C31H28ClN3O6/c1-18(36)24-10-7-21(32)14-25(24)26-16-30(38)34(17-29(26)41-2)27(15-22-11-12-35(33-22)23-8-9-23)28(37)13-19-3-5-20(6-4-19)31(39)40/h3-7,10-12,14,16-17,23,27H,8-9,13,15H2,1-2H3,(H,39,40)/t27-/m0/s1. The van der Waals surface area contributed by atoms with Crippen LogP contribution in [0.25, 0.3) is 11.1 Å². The molecule has 9 nitrogen and oxygen atoms in total. The Bertz CT molecular complexity index is 1700. The van der Waals surface area contributed by atoms with Gasteiger partial charge >= 0.3 is 5.97 Å². The molecule has 1 aliphatic rings. The molecule has 210 valence electrons. The monoisotopic (exact) mass is 573 g/mol. The van der Waals surface area contributed by atoms with Crippen molar-refractivity contribution < 1.29 is 24.2 Å². The Hall–Kier alpha value is -4.50. The molecule has 1 atom stereocenters. The maximum Gasteiger partial charge on any atom is 0.335 e. The summed E-state index contributed by atoms with van der Waals surface area (Å²) in [7, 11) is 1.45. The molecule has 0 bridgehead atoms. The Labute approximate surface area is 241 Å². The number of nitrogens with zero attached hydrogens (tertiary/aromatic N) is 3. The molecule has 1 N–H and O–H groups in total. The van der Waals surface area contributed by atoms with Gasteiger partial charge in [0.05, 0.1) is 30.6 Å². The molecule has 0 amide bonds. The lowest BCUT2D eigenvalue weighted by Gasteiger charge is -2.21. The summed E-state index contributed by atoms with van der Waals surface area (Å²) in [6, 6.07) is 13.5. The Morgan fingerprint density at radius 2 is 1.80 bits per heavy atom. The summed E-state index contributed by atoms with van der Waals surface area (Å²) in [6.45, 7) is 1.43. The van der Waals surface area contributed by atoms with E-state index in [1.807, 2.05) is 16.9 Å². The van der Waals surface area contributed by atoms with Gasteiger partial charge in [0.1, 0.15) is 11.8 Å². The van der Waals surface area contributed by atoms with Crippen molar-refractivity contribution in [3.63, 3.8) is 0 Å². The SMILES string of the molecule is COc1cn([C@@H](Cc2ccn(C3CC3)n2)C(=O)Cc2ccc(C(=O)O)cc2)c(=O)cc1-c1cc(Cl)ccc1C(C)=O. The predicted molar refractivity (Wildman–Crippen MR) is 153 cm³/mol. The number of halogens is 1.